The molecule has 1 aromatic heterocycles. The van der Waals surface area contributed by atoms with Gasteiger partial charge in [0.15, 0.2) is 0 Å². The van der Waals surface area contributed by atoms with E-state index in [1.807, 2.05) is 36.4 Å². The van der Waals surface area contributed by atoms with Crippen molar-refractivity contribution in [1.82, 2.24) is 10.2 Å². The number of benzene rings is 2. The van der Waals surface area contributed by atoms with E-state index in [0.717, 1.165) is 17.0 Å². The Hall–Kier alpha value is -2.82. The Labute approximate surface area is 141 Å². The van der Waals surface area contributed by atoms with Gasteiger partial charge in [-0.25, -0.2) is 0 Å². The molecule has 3 aromatic rings. The number of methoxy groups -OCH3 is 1. The summed E-state index contributed by atoms with van der Waals surface area (Å²) in [5.41, 5.74) is 3.11. The molecule has 2 aromatic carbocycles. The fourth-order valence-corrected chi connectivity index (χ4v) is 2.33. The number of ether oxygens (including phenoxy) is 1. The average Bonchev–Trinajstić information content (AvgIpc) is 3.03. The molecular weight excluding hydrogens is 302 g/mol. The first-order valence-corrected chi connectivity index (χ1v) is 7.81. The lowest BCUT2D eigenvalue weighted by atomic mass is 9.87. The summed E-state index contributed by atoms with van der Waals surface area (Å²) in [5, 5.41) is 11.2. The van der Waals surface area contributed by atoms with Crippen LogP contribution in [0.25, 0.3) is 11.5 Å². The topological polar surface area (TPSA) is 60.2 Å². The molecule has 0 aliphatic heterocycles. The maximum absolute atomic E-state index is 5.70. The predicted molar refractivity (Wildman–Crippen MR) is 94.7 cm³/mol. The molecule has 3 rings (SSSR count). The van der Waals surface area contributed by atoms with Gasteiger partial charge in [0.1, 0.15) is 5.75 Å². The zero-order valence-corrected chi connectivity index (χ0v) is 14.3. The monoisotopic (exact) mass is 323 g/mol. The van der Waals surface area contributed by atoms with E-state index in [9.17, 15) is 0 Å². The van der Waals surface area contributed by atoms with E-state index in [2.05, 4.69) is 48.4 Å². The van der Waals surface area contributed by atoms with E-state index in [-0.39, 0.29) is 5.41 Å². The summed E-state index contributed by atoms with van der Waals surface area (Å²) in [7, 11) is 1.63. The molecule has 0 spiro atoms. The highest BCUT2D eigenvalue weighted by Gasteiger charge is 2.14. The molecule has 24 heavy (non-hydrogen) atoms. The second-order valence-electron chi connectivity index (χ2n) is 6.60. The van der Waals surface area contributed by atoms with Gasteiger partial charge in [0.25, 0.3) is 0 Å². The standard InChI is InChI=1S/C19H21N3O2/c1-19(2,3)14-10-8-13(9-11-14)17-21-22-18(24-17)20-15-6-5-7-16(12-15)23-4/h5-12H,1-4H3,(H,20,22). The van der Waals surface area contributed by atoms with Gasteiger partial charge in [0, 0.05) is 17.3 Å². The lowest BCUT2D eigenvalue weighted by Crippen LogP contribution is -2.10. The van der Waals surface area contributed by atoms with Crippen LogP contribution in [-0.4, -0.2) is 17.3 Å². The molecule has 5 heteroatoms. The number of nitrogens with zero attached hydrogens (tertiary/aromatic N) is 2. The summed E-state index contributed by atoms with van der Waals surface area (Å²) < 4.78 is 10.9. The van der Waals surface area contributed by atoms with Crippen molar-refractivity contribution in [3.8, 4) is 17.2 Å². The van der Waals surface area contributed by atoms with Crippen LogP contribution in [0.15, 0.2) is 52.9 Å². The second kappa shape index (κ2) is 6.35. The molecule has 0 saturated heterocycles. The summed E-state index contributed by atoms with van der Waals surface area (Å²) in [6.07, 6.45) is 0. The molecule has 0 bridgehead atoms. The third-order valence-corrected chi connectivity index (χ3v) is 3.74. The first-order chi connectivity index (χ1) is 11.5. The fraction of sp³-hybridized carbons (Fsp3) is 0.263. The highest BCUT2D eigenvalue weighted by Crippen LogP contribution is 2.27. The summed E-state index contributed by atoms with van der Waals surface area (Å²) in [6.45, 7) is 6.56. The van der Waals surface area contributed by atoms with Crippen molar-refractivity contribution in [2.24, 2.45) is 0 Å². The molecular formula is C19H21N3O2. The van der Waals surface area contributed by atoms with E-state index in [1.54, 1.807) is 7.11 Å². The molecule has 124 valence electrons. The Bertz CT molecular complexity index is 817. The van der Waals surface area contributed by atoms with Crippen molar-refractivity contribution >= 4 is 11.7 Å². The van der Waals surface area contributed by atoms with E-state index in [4.69, 9.17) is 9.15 Å². The molecule has 0 saturated carbocycles. The predicted octanol–water partition coefficient (Wildman–Crippen LogP) is 4.79. The molecule has 0 amide bonds. The van der Waals surface area contributed by atoms with Crippen LogP contribution in [0.2, 0.25) is 0 Å². The lowest BCUT2D eigenvalue weighted by molar-refractivity contribution is 0.415. The van der Waals surface area contributed by atoms with E-state index < -0.39 is 0 Å². The number of aromatic nitrogens is 2. The lowest BCUT2D eigenvalue weighted by Gasteiger charge is -2.18. The highest BCUT2D eigenvalue weighted by molar-refractivity contribution is 5.58. The van der Waals surface area contributed by atoms with Gasteiger partial charge in [-0.1, -0.05) is 44.1 Å². The maximum Gasteiger partial charge on any atom is 0.320 e. The molecule has 0 atom stereocenters. The summed E-state index contributed by atoms with van der Waals surface area (Å²) in [6, 6.07) is 16.1. The van der Waals surface area contributed by atoms with Crippen LogP contribution < -0.4 is 10.1 Å². The summed E-state index contributed by atoms with van der Waals surface area (Å²) in [4.78, 5) is 0. The maximum atomic E-state index is 5.70. The third kappa shape index (κ3) is 3.56. The smallest absolute Gasteiger partial charge is 0.320 e. The van der Waals surface area contributed by atoms with E-state index in [0.29, 0.717) is 11.9 Å². The van der Waals surface area contributed by atoms with Gasteiger partial charge < -0.3 is 14.5 Å². The van der Waals surface area contributed by atoms with Crippen molar-refractivity contribution in [1.29, 1.82) is 0 Å². The van der Waals surface area contributed by atoms with Gasteiger partial charge in [0.2, 0.25) is 5.89 Å². The first-order valence-electron chi connectivity index (χ1n) is 7.81. The van der Waals surface area contributed by atoms with Crippen LogP contribution in [-0.2, 0) is 5.41 Å². The molecule has 0 radical (unpaired) electrons. The van der Waals surface area contributed by atoms with Gasteiger partial charge in [-0.05, 0) is 35.2 Å². The van der Waals surface area contributed by atoms with Crippen molar-refractivity contribution in [3.05, 3.63) is 54.1 Å². The number of hydrogen-bond donors (Lipinski definition) is 1. The summed E-state index contributed by atoms with van der Waals surface area (Å²) >= 11 is 0. The van der Waals surface area contributed by atoms with Gasteiger partial charge >= 0.3 is 6.01 Å². The van der Waals surface area contributed by atoms with Crippen LogP contribution in [0.5, 0.6) is 5.75 Å². The molecule has 0 aliphatic rings. The summed E-state index contributed by atoms with van der Waals surface area (Å²) in [5.74, 6) is 1.25. The Balaban J connectivity index is 1.77. The Morgan fingerprint density at radius 2 is 1.75 bits per heavy atom. The molecule has 0 unspecified atom stereocenters. The van der Waals surface area contributed by atoms with Gasteiger partial charge in [0.05, 0.1) is 7.11 Å². The zero-order chi connectivity index (χ0) is 17.2. The Kier molecular flexibility index (Phi) is 4.25. The van der Waals surface area contributed by atoms with Crippen LogP contribution >= 0.6 is 0 Å². The van der Waals surface area contributed by atoms with Crippen molar-refractivity contribution in [3.63, 3.8) is 0 Å². The quantitative estimate of drug-likeness (QED) is 0.748. The number of hydrogen-bond acceptors (Lipinski definition) is 5. The molecule has 1 N–H and O–H groups in total. The highest BCUT2D eigenvalue weighted by atomic mass is 16.5. The Morgan fingerprint density at radius 1 is 1.00 bits per heavy atom. The minimum Gasteiger partial charge on any atom is -0.497 e. The van der Waals surface area contributed by atoms with Crippen LogP contribution in [0.4, 0.5) is 11.7 Å². The number of anilines is 2. The van der Waals surface area contributed by atoms with Gasteiger partial charge in [-0.3, -0.25) is 0 Å². The van der Waals surface area contributed by atoms with Crippen LogP contribution in [0.1, 0.15) is 26.3 Å². The van der Waals surface area contributed by atoms with E-state index >= 15 is 0 Å². The third-order valence-electron chi connectivity index (χ3n) is 3.74. The molecule has 0 fully saturated rings. The average molecular weight is 323 g/mol. The van der Waals surface area contributed by atoms with Crippen LogP contribution in [0.3, 0.4) is 0 Å². The van der Waals surface area contributed by atoms with Crippen molar-refractivity contribution in [2.75, 3.05) is 12.4 Å². The molecule has 1 heterocycles. The normalized spacial score (nSPS) is 11.3. The second-order valence-corrected chi connectivity index (χ2v) is 6.60. The first kappa shape index (κ1) is 16.1. The SMILES string of the molecule is COc1cccc(Nc2nnc(-c3ccc(C(C)(C)C)cc3)o2)c1. The number of nitrogens with one attached hydrogen (secondary N) is 1. The van der Waals surface area contributed by atoms with Crippen LogP contribution in [0, 0.1) is 0 Å². The van der Waals surface area contributed by atoms with Crippen molar-refractivity contribution < 1.29 is 9.15 Å². The number of rotatable bonds is 4. The van der Waals surface area contributed by atoms with Crippen molar-refractivity contribution in [2.45, 2.75) is 26.2 Å². The zero-order valence-electron chi connectivity index (χ0n) is 14.3. The molecule has 5 nitrogen and oxygen atoms in total. The largest absolute Gasteiger partial charge is 0.497 e. The van der Waals surface area contributed by atoms with E-state index in [1.165, 1.54) is 5.56 Å². The Morgan fingerprint density at radius 3 is 2.42 bits per heavy atom. The minimum absolute atomic E-state index is 0.118. The minimum atomic E-state index is 0.118. The fourth-order valence-electron chi connectivity index (χ4n) is 2.33. The van der Waals surface area contributed by atoms with Gasteiger partial charge in [-0.2, -0.15) is 0 Å². The molecule has 0 aliphatic carbocycles. The van der Waals surface area contributed by atoms with Gasteiger partial charge in [-0.15, -0.1) is 5.10 Å².